The number of benzene rings is 2. The Bertz CT molecular complexity index is 1270. The van der Waals surface area contributed by atoms with Crippen molar-refractivity contribution in [2.24, 2.45) is 5.41 Å². The molecule has 6 nitrogen and oxygen atoms in total. The number of carbonyl (C=O) groups excluding carboxylic acids is 1. The molecule has 2 aromatic carbocycles. The van der Waals surface area contributed by atoms with Crippen LogP contribution < -0.4 is 0 Å². The van der Waals surface area contributed by atoms with Crippen molar-refractivity contribution in [2.45, 2.75) is 43.1 Å². The van der Waals surface area contributed by atoms with Crippen LogP contribution in [0.1, 0.15) is 37.7 Å². The molecule has 3 fully saturated rings. The zero-order valence-corrected chi connectivity index (χ0v) is 18.3. The Balaban J connectivity index is 1.24. The molecule has 1 saturated heterocycles. The fraction of sp³-hybridized carbons (Fsp3) is 0.370. The van der Waals surface area contributed by atoms with E-state index in [1.807, 2.05) is 42.5 Å². The van der Waals surface area contributed by atoms with Crippen LogP contribution in [-0.4, -0.2) is 50.7 Å². The minimum Gasteiger partial charge on any atom is -0.481 e. The fourth-order valence-electron chi connectivity index (χ4n) is 5.86. The van der Waals surface area contributed by atoms with E-state index in [-0.39, 0.29) is 11.3 Å². The Morgan fingerprint density at radius 2 is 1.61 bits per heavy atom. The number of aliphatic carboxylic acids is 1. The quantitative estimate of drug-likeness (QED) is 0.642. The molecular formula is C27H26N2O4. The average molecular weight is 443 g/mol. The lowest BCUT2D eigenvalue weighted by atomic mass is 9.79. The molecule has 1 atom stereocenters. The lowest BCUT2D eigenvalue weighted by Gasteiger charge is -2.36. The van der Waals surface area contributed by atoms with Gasteiger partial charge in [0.15, 0.2) is 0 Å². The van der Waals surface area contributed by atoms with Gasteiger partial charge in [-0.05, 0) is 66.3 Å². The summed E-state index contributed by atoms with van der Waals surface area (Å²) in [5.41, 5.74) is 1.45. The van der Waals surface area contributed by atoms with Gasteiger partial charge < -0.3 is 15.1 Å². The molecule has 6 rings (SSSR count). The Labute approximate surface area is 191 Å². The largest absolute Gasteiger partial charge is 0.481 e. The maximum absolute atomic E-state index is 12.5. The average Bonchev–Trinajstić information content (AvgIpc) is 3.75. The lowest BCUT2D eigenvalue weighted by molar-refractivity contribution is -0.145. The van der Waals surface area contributed by atoms with Gasteiger partial charge >= 0.3 is 5.97 Å². The number of nitrogens with zero attached hydrogens (tertiary/aromatic N) is 2. The molecule has 0 bridgehead atoms. The van der Waals surface area contributed by atoms with E-state index < -0.39 is 17.0 Å². The summed E-state index contributed by atoms with van der Waals surface area (Å²) in [6.07, 6.45) is 4.75. The van der Waals surface area contributed by atoms with Gasteiger partial charge in [0.2, 0.25) is 0 Å². The second-order valence-electron chi connectivity index (χ2n) is 9.98. The monoisotopic (exact) mass is 442 g/mol. The first-order chi connectivity index (χ1) is 15.9. The number of aromatic nitrogens is 1. The lowest BCUT2D eigenvalue weighted by Crippen LogP contribution is -2.47. The Morgan fingerprint density at radius 3 is 2.27 bits per heavy atom. The van der Waals surface area contributed by atoms with Crippen LogP contribution in [0, 0.1) is 5.41 Å². The minimum absolute atomic E-state index is 0.187. The number of carbonyl (C=O) groups is 2. The third-order valence-corrected chi connectivity index (χ3v) is 8.20. The molecule has 2 N–H and O–H groups in total. The number of hydrogen-bond donors (Lipinski definition) is 2. The first kappa shape index (κ1) is 20.4. The highest BCUT2D eigenvalue weighted by Gasteiger charge is 2.73. The van der Waals surface area contributed by atoms with Crippen LogP contribution in [0.2, 0.25) is 0 Å². The Hall–Kier alpha value is -3.25. The van der Waals surface area contributed by atoms with E-state index in [2.05, 4.69) is 17.1 Å². The molecule has 33 heavy (non-hydrogen) atoms. The number of amides is 1. The van der Waals surface area contributed by atoms with Gasteiger partial charge in [-0.25, -0.2) is 0 Å². The number of pyridine rings is 1. The van der Waals surface area contributed by atoms with Gasteiger partial charge in [0.05, 0.1) is 10.9 Å². The molecule has 2 saturated carbocycles. The summed E-state index contributed by atoms with van der Waals surface area (Å²) in [4.78, 5) is 31.2. The minimum atomic E-state index is -1.16. The maximum Gasteiger partial charge on any atom is 0.314 e. The van der Waals surface area contributed by atoms with Crippen LogP contribution in [0.3, 0.4) is 0 Å². The summed E-state index contributed by atoms with van der Waals surface area (Å²) < 4.78 is 0. The van der Waals surface area contributed by atoms with E-state index in [1.165, 1.54) is 0 Å². The molecular weight excluding hydrogens is 416 g/mol. The van der Waals surface area contributed by atoms with Crippen molar-refractivity contribution < 1.29 is 19.8 Å². The van der Waals surface area contributed by atoms with E-state index in [4.69, 9.17) is 0 Å². The van der Waals surface area contributed by atoms with Crippen molar-refractivity contribution in [3.05, 3.63) is 66.4 Å². The maximum atomic E-state index is 12.5. The summed E-state index contributed by atoms with van der Waals surface area (Å²) in [5.74, 6) is -0.973. The number of fused-ring (bicyclic) bond motifs is 1. The first-order valence-corrected chi connectivity index (χ1v) is 11.6. The van der Waals surface area contributed by atoms with Crippen LogP contribution in [0.15, 0.2) is 60.8 Å². The van der Waals surface area contributed by atoms with Gasteiger partial charge in [0.1, 0.15) is 5.60 Å². The number of likely N-dealkylation sites (tertiary alicyclic amines) is 1. The highest BCUT2D eigenvalue weighted by atomic mass is 16.4. The van der Waals surface area contributed by atoms with Crippen molar-refractivity contribution in [2.75, 3.05) is 13.1 Å². The Morgan fingerprint density at radius 1 is 0.909 bits per heavy atom. The zero-order valence-electron chi connectivity index (χ0n) is 18.3. The smallest absolute Gasteiger partial charge is 0.314 e. The second kappa shape index (κ2) is 6.87. The Kier molecular flexibility index (Phi) is 4.24. The third-order valence-electron chi connectivity index (χ3n) is 8.20. The zero-order chi connectivity index (χ0) is 22.8. The van der Waals surface area contributed by atoms with Crippen molar-refractivity contribution in [1.82, 2.24) is 9.88 Å². The topological polar surface area (TPSA) is 90.7 Å². The number of carboxylic acids is 1. The molecule has 3 aliphatic rings. The standard InChI is InChI=1S/C27H26N2O4/c30-23(26(33)9-10-26)29-14-11-25(12-15-29)17-27(25,24(31)32)21-7-5-18(6-8-21)20-4-3-19-2-1-13-28-22(19)16-20/h1-8,13,16,33H,9-12,14-15,17H2,(H,31,32)/t27-/m0/s1. The van der Waals surface area contributed by atoms with E-state index in [0.717, 1.165) is 27.6 Å². The van der Waals surface area contributed by atoms with Crippen LogP contribution >= 0.6 is 0 Å². The highest BCUT2D eigenvalue weighted by molar-refractivity contribution is 5.90. The molecule has 3 aromatic rings. The number of carboxylic acid groups (broad SMARTS) is 1. The van der Waals surface area contributed by atoms with Gasteiger partial charge in [0.25, 0.3) is 5.91 Å². The highest BCUT2D eigenvalue weighted by Crippen LogP contribution is 2.70. The van der Waals surface area contributed by atoms with Gasteiger partial charge in [-0.3, -0.25) is 14.6 Å². The molecule has 168 valence electrons. The number of rotatable bonds is 4. The summed E-state index contributed by atoms with van der Waals surface area (Å²) in [7, 11) is 0. The van der Waals surface area contributed by atoms with E-state index in [1.54, 1.807) is 11.1 Å². The molecule has 1 amide bonds. The van der Waals surface area contributed by atoms with E-state index in [9.17, 15) is 19.8 Å². The molecule has 1 spiro atoms. The normalized spacial score (nSPS) is 24.6. The van der Waals surface area contributed by atoms with Crippen LogP contribution in [0.5, 0.6) is 0 Å². The van der Waals surface area contributed by atoms with Crippen LogP contribution in [-0.2, 0) is 15.0 Å². The van der Waals surface area contributed by atoms with Gasteiger partial charge in [-0.15, -0.1) is 0 Å². The molecule has 1 aliphatic heterocycles. The molecule has 6 heteroatoms. The summed E-state index contributed by atoms with van der Waals surface area (Å²) in [6, 6.07) is 18.0. The third kappa shape index (κ3) is 3.00. The molecule has 0 radical (unpaired) electrons. The predicted molar refractivity (Wildman–Crippen MR) is 124 cm³/mol. The van der Waals surface area contributed by atoms with Gasteiger partial charge in [0, 0.05) is 24.7 Å². The molecule has 1 aromatic heterocycles. The van der Waals surface area contributed by atoms with E-state index in [0.29, 0.717) is 45.2 Å². The number of hydrogen-bond acceptors (Lipinski definition) is 4. The van der Waals surface area contributed by atoms with Crippen molar-refractivity contribution in [3.63, 3.8) is 0 Å². The van der Waals surface area contributed by atoms with E-state index >= 15 is 0 Å². The first-order valence-electron chi connectivity index (χ1n) is 11.6. The molecule has 0 unspecified atom stereocenters. The molecule has 2 heterocycles. The van der Waals surface area contributed by atoms with Gasteiger partial charge in [-0.2, -0.15) is 0 Å². The van der Waals surface area contributed by atoms with Crippen LogP contribution in [0.4, 0.5) is 0 Å². The van der Waals surface area contributed by atoms with Crippen LogP contribution in [0.25, 0.3) is 22.0 Å². The second-order valence-corrected chi connectivity index (χ2v) is 9.98. The number of piperidine rings is 1. The summed E-state index contributed by atoms with van der Waals surface area (Å²) in [6.45, 7) is 1.02. The SMILES string of the molecule is O=C(N1CCC2(CC1)C[C@@]2(C(=O)O)c1ccc(-c2ccc3cccnc3c2)cc1)C1(O)CC1. The summed E-state index contributed by atoms with van der Waals surface area (Å²) in [5, 5.41) is 21.5. The van der Waals surface area contributed by atoms with Crippen molar-refractivity contribution in [1.29, 1.82) is 0 Å². The van der Waals surface area contributed by atoms with Crippen molar-refractivity contribution >= 4 is 22.8 Å². The predicted octanol–water partition coefficient (Wildman–Crippen LogP) is 3.76. The number of aliphatic hydroxyl groups is 1. The van der Waals surface area contributed by atoms with Gasteiger partial charge in [-0.1, -0.05) is 42.5 Å². The van der Waals surface area contributed by atoms with Crippen molar-refractivity contribution in [3.8, 4) is 11.1 Å². The fourth-order valence-corrected chi connectivity index (χ4v) is 5.86. The summed E-state index contributed by atoms with van der Waals surface area (Å²) >= 11 is 0. The molecule has 2 aliphatic carbocycles.